The first-order valence-electron chi connectivity index (χ1n) is 6.44. The van der Waals surface area contributed by atoms with Crippen molar-refractivity contribution in [2.24, 2.45) is 5.92 Å². The first-order valence-corrected chi connectivity index (χ1v) is 7.80. The van der Waals surface area contributed by atoms with E-state index in [1.807, 2.05) is 30.0 Å². The maximum Gasteiger partial charge on any atom is 0.0417 e. The Morgan fingerprint density at radius 3 is 2.88 bits per heavy atom. The molecule has 1 saturated carbocycles. The summed E-state index contributed by atoms with van der Waals surface area (Å²) < 4.78 is 0. The number of rotatable bonds is 6. The molecule has 0 saturated heterocycles. The lowest BCUT2D eigenvalue weighted by molar-refractivity contribution is 0.500. The number of benzene rings is 1. The van der Waals surface area contributed by atoms with Gasteiger partial charge in [-0.2, -0.15) is 0 Å². The summed E-state index contributed by atoms with van der Waals surface area (Å²) in [6.07, 6.45) is 5.72. The van der Waals surface area contributed by atoms with E-state index in [-0.39, 0.29) is 0 Å². The van der Waals surface area contributed by atoms with Crippen LogP contribution in [0.3, 0.4) is 0 Å². The molecule has 0 spiro atoms. The third kappa shape index (κ3) is 4.90. The number of hydrogen-bond donors (Lipinski definition) is 1. The molecule has 1 N–H and O–H groups in total. The van der Waals surface area contributed by atoms with Gasteiger partial charge in [0.1, 0.15) is 0 Å². The number of hydrogen-bond acceptors (Lipinski definition) is 2. The molecule has 1 nitrogen and oxygen atoms in total. The third-order valence-electron chi connectivity index (χ3n) is 3.25. The zero-order valence-corrected chi connectivity index (χ0v) is 11.7. The minimum absolute atomic E-state index is 0.828. The van der Waals surface area contributed by atoms with Crippen LogP contribution in [0.2, 0.25) is 5.02 Å². The van der Waals surface area contributed by atoms with Gasteiger partial charge in [-0.3, -0.25) is 0 Å². The van der Waals surface area contributed by atoms with Crippen LogP contribution < -0.4 is 5.32 Å². The highest BCUT2D eigenvalue weighted by Gasteiger charge is 2.13. The smallest absolute Gasteiger partial charge is 0.0417 e. The molecular weight excluding hydrogens is 250 g/mol. The summed E-state index contributed by atoms with van der Waals surface area (Å²) in [5, 5.41) is 4.39. The van der Waals surface area contributed by atoms with Crippen LogP contribution in [0.5, 0.6) is 0 Å². The summed E-state index contributed by atoms with van der Waals surface area (Å²) in [6, 6.07) is 8.08. The molecule has 0 aliphatic heterocycles. The fraction of sp³-hybridized carbons (Fsp3) is 0.571. The van der Waals surface area contributed by atoms with Crippen LogP contribution in [0.15, 0.2) is 29.2 Å². The lowest BCUT2D eigenvalue weighted by atomic mass is 10.1. The van der Waals surface area contributed by atoms with Crippen molar-refractivity contribution < 1.29 is 0 Å². The highest BCUT2D eigenvalue weighted by Crippen LogP contribution is 2.24. The molecule has 1 aromatic rings. The van der Waals surface area contributed by atoms with E-state index in [4.69, 9.17) is 11.6 Å². The Balaban J connectivity index is 1.56. The second-order valence-corrected chi connectivity index (χ2v) is 6.27. The zero-order valence-electron chi connectivity index (χ0n) is 10.1. The first-order chi connectivity index (χ1) is 8.34. The van der Waals surface area contributed by atoms with E-state index >= 15 is 0 Å². The lowest BCUT2D eigenvalue weighted by Gasteiger charge is -2.10. The highest BCUT2D eigenvalue weighted by molar-refractivity contribution is 7.99. The minimum atomic E-state index is 0.828. The van der Waals surface area contributed by atoms with E-state index in [1.54, 1.807) is 0 Å². The topological polar surface area (TPSA) is 12.0 Å². The molecule has 17 heavy (non-hydrogen) atoms. The Kier molecular flexibility index (Phi) is 5.69. The Bertz CT molecular complexity index is 337. The van der Waals surface area contributed by atoms with Crippen molar-refractivity contribution in [1.29, 1.82) is 0 Å². The van der Waals surface area contributed by atoms with Gasteiger partial charge in [0.05, 0.1) is 0 Å². The van der Waals surface area contributed by atoms with E-state index in [1.165, 1.54) is 37.1 Å². The van der Waals surface area contributed by atoms with Gasteiger partial charge >= 0.3 is 0 Å². The van der Waals surface area contributed by atoms with Gasteiger partial charge in [-0.05, 0) is 43.5 Å². The molecule has 0 radical (unpaired) electrons. The molecule has 0 aromatic heterocycles. The van der Waals surface area contributed by atoms with E-state index in [0.717, 1.165) is 23.2 Å². The molecule has 1 aromatic carbocycles. The van der Waals surface area contributed by atoms with Crippen molar-refractivity contribution in [3.05, 3.63) is 29.3 Å². The zero-order chi connectivity index (χ0) is 11.9. The molecule has 3 heteroatoms. The summed E-state index contributed by atoms with van der Waals surface area (Å²) in [5.74, 6) is 2.05. The van der Waals surface area contributed by atoms with Crippen LogP contribution in [-0.4, -0.2) is 18.8 Å². The second-order valence-electron chi connectivity index (χ2n) is 4.66. The van der Waals surface area contributed by atoms with Gasteiger partial charge in [-0.15, -0.1) is 11.8 Å². The number of nitrogens with one attached hydrogen (secondary N) is 1. The summed E-state index contributed by atoms with van der Waals surface area (Å²) >= 11 is 7.81. The standard InChI is InChI=1S/C14H20ClNS/c15-13-6-3-7-14(10-13)17-9-8-16-11-12-4-1-2-5-12/h3,6-7,10,12,16H,1-2,4-5,8-9,11H2. The molecule has 1 fully saturated rings. The van der Waals surface area contributed by atoms with Gasteiger partial charge < -0.3 is 5.32 Å². The van der Waals surface area contributed by atoms with Gasteiger partial charge in [0.15, 0.2) is 0 Å². The molecule has 1 aliphatic rings. The van der Waals surface area contributed by atoms with Crippen molar-refractivity contribution >= 4 is 23.4 Å². The van der Waals surface area contributed by atoms with Gasteiger partial charge in [-0.1, -0.05) is 30.5 Å². The maximum atomic E-state index is 5.94. The quantitative estimate of drug-likeness (QED) is 0.613. The van der Waals surface area contributed by atoms with Crippen LogP contribution in [0, 0.1) is 5.92 Å². The van der Waals surface area contributed by atoms with Gasteiger partial charge in [0, 0.05) is 22.2 Å². The first kappa shape index (κ1) is 13.3. The van der Waals surface area contributed by atoms with Crippen LogP contribution in [0.25, 0.3) is 0 Å². The Labute approximate surface area is 113 Å². The lowest BCUT2D eigenvalue weighted by Crippen LogP contribution is -2.23. The minimum Gasteiger partial charge on any atom is -0.316 e. The Morgan fingerprint density at radius 1 is 1.29 bits per heavy atom. The number of thioether (sulfide) groups is 1. The third-order valence-corrected chi connectivity index (χ3v) is 4.48. The molecule has 1 aliphatic carbocycles. The largest absolute Gasteiger partial charge is 0.316 e. The average Bonchev–Trinajstić information content (AvgIpc) is 2.82. The van der Waals surface area contributed by atoms with E-state index in [9.17, 15) is 0 Å². The predicted octanol–water partition coefficient (Wildman–Crippen LogP) is 4.21. The Morgan fingerprint density at radius 2 is 2.12 bits per heavy atom. The van der Waals surface area contributed by atoms with Crippen LogP contribution in [-0.2, 0) is 0 Å². The van der Waals surface area contributed by atoms with Crippen LogP contribution in [0.4, 0.5) is 0 Å². The highest BCUT2D eigenvalue weighted by atomic mass is 35.5. The van der Waals surface area contributed by atoms with E-state index in [0.29, 0.717) is 0 Å². The van der Waals surface area contributed by atoms with Crippen molar-refractivity contribution in [3.8, 4) is 0 Å². The summed E-state index contributed by atoms with van der Waals surface area (Å²) in [4.78, 5) is 1.26. The predicted molar refractivity (Wildman–Crippen MR) is 77.0 cm³/mol. The van der Waals surface area contributed by atoms with E-state index < -0.39 is 0 Å². The molecule has 0 unspecified atom stereocenters. The van der Waals surface area contributed by atoms with Crippen LogP contribution >= 0.6 is 23.4 Å². The molecule has 0 heterocycles. The molecule has 2 rings (SSSR count). The maximum absolute atomic E-state index is 5.94. The normalized spacial score (nSPS) is 16.5. The summed E-state index contributed by atoms with van der Waals surface area (Å²) in [7, 11) is 0. The fourth-order valence-corrected chi connectivity index (χ4v) is 3.44. The SMILES string of the molecule is Clc1cccc(SCCNCC2CCCC2)c1. The Hall–Kier alpha value is -0.180. The van der Waals surface area contributed by atoms with Crippen molar-refractivity contribution in [1.82, 2.24) is 5.32 Å². The summed E-state index contributed by atoms with van der Waals surface area (Å²) in [5.41, 5.74) is 0. The van der Waals surface area contributed by atoms with Crippen molar-refractivity contribution in [2.75, 3.05) is 18.8 Å². The molecule has 0 atom stereocenters. The summed E-state index contributed by atoms with van der Waals surface area (Å²) in [6.45, 7) is 2.30. The van der Waals surface area contributed by atoms with E-state index in [2.05, 4.69) is 11.4 Å². The second kappa shape index (κ2) is 7.30. The number of halogens is 1. The monoisotopic (exact) mass is 269 g/mol. The fourth-order valence-electron chi connectivity index (χ4n) is 2.32. The van der Waals surface area contributed by atoms with Crippen LogP contribution in [0.1, 0.15) is 25.7 Å². The average molecular weight is 270 g/mol. The molecular formula is C14H20ClNS. The van der Waals surface area contributed by atoms with Gasteiger partial charge in [-0.25, -0.2) is 0 Å². The van der Waals surface area contributed by atoms with Crippen molar-refractivity contribution in [3.63, 3.8) is 0 Å². The molecule has 0 amide bonds. The van der Waals surface area contributed by atoms with Gasteiger partial charge in [0.25, 0.3) is 0 Å². The van der Waals surface area contributed by atoms with Gasteiger partial charge in [0.2, 0.25) is 0 Å². The molecule has 0 bridgehead atoms. The van der Waals surface area contributed by atoms with Crippen molar-refractivity contribution in [2.45, 2.75) is 30.6 Å². The molecule has 94 valence electrons.